The Morgan fingerprint density at radius 3 is 2.63 bits per heavy atom. The summed E-state index contributed by atoms with van der Waals surface area (Å²) < 4.78 is 2.52. The Labute approximate surface area is 112 Å². The molecule has 0 aliphatic carbocycles. The van der Waals surface area contributed by atoms with Crippen LogP contribution in [0.25, 0.3) is 0 Å². The molecule has 0 atom stereocenters. The number of rotatable bonds is 6. The van der Waals surface area contributed by atoms with E-state index in [9.17, 15) is 9.59 Å². The lowest BCUT2D eigenvalue weighted by atomic mass is 10.3. The van der Waals surface area contributed by atoms with Gasteiger partial charge in [-0.15, -0.1) is 0 Å². The lowest BCUT2D eigenvalue weighted by Gasteiger charge is -2.15. The van der Waals surface area contributed by atoms with Crippen molar-refractivity contribution in [3.05, 3.63) is 33.0 Å². The van der Waals surface area contributed by atoms with Gasteiger partial charge in [-0.3, -0.25) is 13.9 Å². The maximum absolute atomic E-state index is 12.0. The highest BCUT2D eigenvalue weighted by molar-refractivity contribution is 5.60. The minimum absolute atomic E-state index is 0.218. The van der Waals surface area contributed by atoms with E-state index in [4.69, 9.17) is 5.73 Å². The van der Waals surface area contributed by atoms with Gasteiger partial charge in [-0.05, 0) is 19.8 Å². The molecule has 1 aromatic rings. The first-order chi connectivity index (χ1) is 9.04. The van der Waals surface area contributed by atoms with Crippen molar-refractivity contribution < 1.29 is 0 Å². The summed E-state index contributed by atoms with van der Waals surface area (Å²) in [6.07, 6.45) is 5.52. The minimum Gasteiger partial charge on any atom is -0.383 e. The number of allylic oxidation sites excluding steroid dienone is 1. The lowest BCUT2D eigenvalue weighted by molar-refractivity contribution is 0.600. The van der Waals surface area contributed by atoms with Gasteiger partial charge in [0.05, 0.1) is 0 Å². The van der Waals surface area contributed by atoms with Crippen molar-refractivity contribution in [2.24, 2.45) is 7.05 Å². The van der Waals surface area contributed by atoms with Crippen molar-refractivity contribution in [1.82, 2.24) is 9.13 Å². The van der Waals surface area contributed by atoms with Crippen molar-refractivity contribution in [1.29, 1.82) is 0 Å². The molecule has 0 aliphatic heterocycles. The number of aromatic nitrogens is 2. The number of anilines is 2. The van der Waals surface area contributed by atoms with Crippen LogP contribution in [0.4, 0.5) is 11.5 Å². The Kier molecular flexibility index (Phi) is 5.41. The second kappa shape index (κ2) is 6.82. The van der Waals surface area contributed by atoms with Crippen LogP contribution in [0.5, 0.6) is 0 Å². The van der Waals surface area contributed by atoms with Crippen LogP contribution in [0, 0.1) is 0 Å². The molecule has 0 bridgehead atoms. The zero-order valence-corrected chi connectivity index (χ0v) is 11.8. The molecule has 1 heterocycles. The predicted octanol–water partition coefficient (Wildman–Crippen LogP) is 0.917. The largest absolute Gasteiger partial charge is 0.383 e. The highest BCUT2D eigenvalue weighted by Crippen LogP contribution is 2.10. The first kappa shape index (κ1) is 15.1. The minimum atomic E-state index is -0.379. The van der Waals surface area contributed by atoms with Crippen LogP contribution in [-0.2, 0) is 13.6 Å². The number of nitrogens with two attached hydrogens (primary N) is 1. The van der Waals surface area contributed by atoms with Gasteiger partial charge >= 0.3 is 5.69 Å². The highest BCUT2D eigenvalue weighted by atomic mass is 16.2. The fourth-order valence-corrected chi connectivity index (χ4v) is 1.84. The van der Waals surface area contributed by atoms with Crippen LogP contribution in [0.1, 0.15) is 26.7 Å². The second-order valence-electron chi connectivity index (χ2n) is 4.34. The van der Waals surface area contributed by atoms with E-state index in [1.165, 1.54) is 11.6 Å². The van der Waals surface area contributed by atoms with Crippen LogP contribution >= 0.6 is 0 Å². The van der Waals surface area contributed by atoms with E-state index in [1.54, 1.807) is 0 Å². The average molecular weight is 266 g/mol. The fraction of sp³-hybridized carbons (Fsp3) is 0.538. The molecule has 0 aromatic carbocycles. The molecule has 0 saturated carbocycles. The Bertz CT molecular complexity index is 569. The summed E-state index contributed by atoms with van der Waals surface area (Å²) in [5.41, 5.74) is 5.48. The molecule has 0 amide bonds. The molecule has 0 fully saturated rings. The van der Waals surface area contributed by atoms with Gasteiger partial charge in [0.15, 0.2) is 0 Å². The van der Waals surface area contributed by atoms with Gasteiger partial charge < -0.3 is 11.1 Å². The molecule has 1 rings (SSSR count). The molecular weight excluding hydrogens is 244 g/mol. The van der Waals surface area contributed by atoms with Crippen LogP contribution in [-0.4, -0.2) is 15.7 Å². The summed E-state index contributed by atoms with van der Waals surface area (Å²) >= 11 is 0. The van der Waals surface area contributed by atoms with E-state index in [0.29, 0.717) is 18.8 Å². The van der Waals surface area contributed by atoms with Crippen molar-refractivity contribution in [3.63, 3.8) is 0 Å². The Morgan fingerprint density at radius 1 is 1.37 bits per heavy atom. The molecule has 0 unspecified atom stereocenters. The van der Waals surface area contributed by atoms with E-state index in [1.807, 2.05) is 26.0 Å². The first-order valence-corrected chi connectivity index (χ1v) is 6.48. The topological polar surface area (TPSA) is 82.0 Å². The molecule has 0 spiro atoms. The van der Waals surface area contributed by atoms with Gasteiger partial charge in [-0.25, -0.2) is 4.79 Å². The number of hydrogen-bond acceptors (Lipinski definition) is 4. The Hall–Kier alpha value is -1.98. The van der Waals surface area contributed by atoms with E-state index in [2.05, 4.69) is 5.32 Å². The molecule has 3 N–H and O–H groups in total. The van der Waals surface area contributed by atoms with Gasteiger partial charge in [-0.2, -0.15) is 0 Å². The standard InChI is InChI=1S/C13H22N4O2/c1-4-6-7-8-15-10-11(14)17(9-5-2)13(19)16(3)12(10)18/h4,6,15H,5,7-9,14H2,1-3H3/b6-4+. The Balaban J connectivity index is 3.16. The van der Waals surface area contributed by atoms with Crippen molar-refractivity contribution in [3.8, 4) is 0 Å². The fourth-order valence-electron chi connectivity index (χ4n) is 1.84. The summed E-state index contributed by atoms with van der Waals surface area (Å²) in [5, 5.41) is 3.01. The van der Waals surface area contributed by atoms with Gasteiger partial charge in [0.2, 0.25) is 0 Å². The van der Waals surface area contributed by atoms with Crippen LogP contribution in [0.15, 0.2) is 21.7 Å². The quantitative estimate of drug-likeness (QED) is 0.592. The molecular formula is C13H22N4O2. The third-order valence-corrected chi connectivity index (χ3v) is 2.88. The number of hydrogen-bond donors (Lipinski definition) is 2. The highest BCUT2D eigenvalue weighted by Gasteiger charge is 2.13. The normalized spacial score (nSPS) is 11.1. The first-order valence-electron chi connectivity index (χ1n) is 6.48. The van der Waals surface area contributed by atoms with Gasteiger partial charge in [-0.1, -0.05) is 19.1 Å². The SMILES string of the molecule is C/C=C/CCNc1c(N)n(CCC)c(=O)n(C)c1=O. The zero-order chi connectivity index (χ0) is 14.4. The molecule has 0 aliphatic rings. The maximum Gasteiger partial charge on any atom is 0.332 e. The Morgan fingerprint density at radius 2 is 2.05 bits per heavy atom. The number of nitrogens with zero attached hydrogens (tertiary/aromatic N) is 2. The van der Waals surface area contributed by atoms with E-state index < -0.39 is 0 Å². The van der Waals surface area contributed by atoms with E-state index in [-0.39, 0.29) is 17.1 Å². The third kappa shape index (κ3) is 3.27. The summed E-state index contributed by atoms with van der Waals surface area (Å²) in [6.45, 7) is 5.00. The average Bonchev–Trinajstić information content (AvgIpc) is 2.40. The van der Waals surface area contributed by atoms with Gasteiger partial charge in [0.25, 0.3) is 5.56 Å². The molecule has 0 radical (unpaired) electrons. The predicted molar refractivity (Wildman–Crippen MR) is 78.6 cm³/mol. The van der Waals surface area contributed by atoms with E-state index in [0.717, 1.165) is 17.4 Å². The lowest BCUT2D eigenvalue weighted by Crippen LogP contribution is -2.40. The molecule has 106 valence electrons. The maximum atomic E-state index is 12.0. The van der Waals surface area contributed by atoms with Crippen LogP contribution in [0.2, 0.25) is 0 Å². The molecule has 1 aromatic heterocycles. The van der Waals surface area contributed by atoms with Crippen LogP contribution < -0.4 is 22.3 Å². The van der Waals surface area contributed by atoms with Gasteiger partial charge in [0.1, 0.15) is 11.5 Å². The molecule has 0 saturated heterocycles. The molecule has 6 nitrogen and oxygen atoms in total. The van der Waals surface area contributed by atoms with Crippen molar-refractivity contribution >= 4 is 11.5 Å². The van der Waals surface area contributed by atoms with Crippen molar-refractivity contribution in [2.75, 3.05) is 17.6 Å². The monoisotopic (exact) mass is 266 g/mol. The number of nitrogen functional groups attached to an aromatic ring is 1. The van der Waals surface area contributed by atoms with Crippen LogP contribution in [0.3, 0.4) is 0 Å². The van der Waals surface area contributed by atoms with Gasteiger partial charge in [0, 0.05) is 20.1 Å². The molecule has 6 heteroatoms. The summed E-state index contributed by atoms with van der Waals surface area (Å²) in [5.74, 6) is 0.218. The summed E-state index contributed by atoms with van der Waals surface area (Å²) in [6, 6.07) is 0. The number of nitrogens with one attached hydrogen (secondary N) is 1. The molecule has 19 heavy (non-hydrogen) atoms. The summed E-state index contributed by atoms with van der Waals surface area (Å²) in [7, 11) is 1.47. The summed E-state index contributed by atoms with van der Waals surface area (Å²) in [4.78, 5) is 24.0. The van der Waals surface area contributed by atoms with E-state index >= 15 is 0 Å². The smallest absolute Gasteiger partial charge is 0.332 e. The second-order valence-corrected chi connectivity index (χ2v) is 4.34. The van der Waals surface area contributed by atoms with Crippen molar-refractivity contribution in [2.45, 2.75) is 33.2 Å². The zero-order valence-electron chi connectivity index (χ0n) is 11.8. The third-order valence-electron chi connectivity index (χ3n) is 2.88.